The second-order valence-corrected chi connectivity index (χ2v) is 8.51. The Balaban J connectivity index is 1.66. The van der Waals surface area contributed by atoms with E-state index in [1.54, 1.807) is 18.2 Å². The number of rotatable bonds is 8. The van der Waals surface area contributed by atoms with Crippen LogP contribution in [0, 0.1) is 0 Å². The van der Waals surface area contributed by atoms with Gasteiger partial charge in [-0.15, -0.1) is 0 Å². The number of benzene rings is 2. The molecule has 0 saturated heterocycles. The Labute approximate surface area is 159 Å². The van der Waals surface area contributed by atoms with Crippen molar-refractivity contribution in [1.29, 1.82) is 0 Å². The van der Waals surface area contributed by atoms with E-state index in [0.717, 1.165) is 11.1 Å². The predicted molar refractivity (Wildman–Crippen MR) is 104 cm³/mol. The van der Waals surface area contributed by atoms with Crippen molar-refractivity contribution in [2.75, 3.05) is 13.1 Å². The van der Waals surface area contributed by atoms with Crippen molar-refractivity contribution in [3.63, 3.8) is 0 Å². The molecule has 7 heteroatoms. The maximum atomic E-state index is 12.7. The molecule has 0 atom stereocenters. The fourth-order valence-electron chi connectivity index (χ4n) is 3.42. The van der Waals surface area contributed by atoms with E-state index in [4.69, 9.17) is 5.11 Å². The van der Waals surface area contributed by atoms with Gasteiger partial charge < -0.3 is 5.11 Å². The predicted octanol–water partition coefficient (Wildman–Crippen LogP) is 2.57. The van der Waals surface area contributed by atoms with Crippen LogP contribution in [0.3, 0.4) is 0 Å². The van der Waals surface area contributed by atoms with Crippen molar-refractivity contribution >= 4 is 16.0 Å². The van der Waals surface area contributed by atoms with E-state index in [2.05, 4.69) is 4.72 Å². The van der Waals surface area contributed by atoms with Gasteiger partial charge in [0.15, 0.2) is 0 Å². The molecule has 3 rings (SSSR count). The highest BCUT2D eigenvalue weighted by molar-refractivity contribution is 7.89. The van der Waals surface area contributed by atoms with Crippen LogP contribution in [0.15, 0.2) is 59.5 Å². The fraction of sp³-hybridized carbons (Fsp3) is 0.350. The molecule has 2 aromatic rings. The van der Waals surface area contributed by atoms with E-state index in [0.29, 0.717) is 19.4 Å². The third-order valence-corrected chi connectivity index (χ3v) is 6.47. The number of sulfonamides is 1. The molecule has 0 spiro atoms. The van der Waals surface area contributed by atoms with Gasteiger partial charge in [-0.2, -0.15) is 0 Å². The Kier molecular flexibility index (Phi) is 5.94. The average molecular weight is 388 g/mol. The van der Waals surface area contributed by atoms with Gasteiger partial charge in [-0.25, -0.2) is 13.1 Å². The summed E-state index contributed by atoms with van der Waals surface area (Å²) in [6.07, 6.45) is 1.25. The Morgan fingerprint density at radius 1 is 1.11 bits per heavy atom. The van der Waals surface area contributed by atoms with Crippen LogP contribution in [0.5, 0.6) is 0 Å². The van der Waals surface area contributed by atoms with Crippen LogP contribution in [0.4, 0.5) is 0 Å². The summed E-state index contributed by atoms with van der Waals surface area (Å²) in [7, 11) is -3.61. The molecule has 0 amide bonds. The van der Waals surface area contributed by atoms with Crippen molar-refractivity contribution in [2.24, 2.45) is 0 Å². The summed E-state index contributed by atoms with van der Waals surface area (Å²) in [6.45, 7) is 2.53. The number of nitrogens with one attached hydrogen (secondary N) is 1. The normalized spacial score (nSPS) is 19.6. The lowest BCUT2D eigenvalue weighted by molar-refractivity contribution is -0.139. The van der Waals surface area contributed by atoms with E-state index in [9.17, 15) is 13.2 Å². The molecule has 27 heavy (non-hydrogen) atoms. The summed E-state index contributed by atoms with van der Waals surface area (Å²) in [5.41, 5.74) is 1.81. The highest BCUT2D eigenvalue weighted by atomic mass is 32.2. The first kappa shape index (κ1) is 19.5. The van der Waals surface area contributed by atoms with E-state index in [1.165, 1.54) is 0 Å². The molecule has 1 aliphatic carbocycles. The zero-order valence-corrected chi connectivity index (χ0v) is 16.0. The molecule has 2 N–H and O–H groups in total. The number of hydrogen-bond acceptors (Lipinski definition) is 4. The smallest absolute Gasteiger partial charge is 0.317 e. The Bertz CT molecular complexity index is 893. The minimum atomic E-state index is -3.61. The summed E-state index contributed by atoms with van der Waals surface area (Å²) in [6, 6.07) is 16.5. The highest BCUT2D eigenvalue weighted by Gasteiger charge is 2.36. The topological polar surface area (TPSA) is 86.7 Å². The number of carboxylic acid groups (broad SMARTS) is 1. The van der Waals surface area contributed by atoms with Crippen LogP contribution < -0.4 is 4.72 Å². The molecule has 0 aliphatic heterocycles. The van der Waals surface area contributed by atoms with Gasteiger partial charge in [0.2, 0.25) is 10.0 Å². The number of nitrogens with zero attached hydrogens (tertiary/aromatic N) is 1. The standard InChI is InChI=1S/C20H24N2O4S/c1-2-22(14-20(23)24)18-12-17(13-18)21-27(25,26)19-10-6-9-16(11-19)15-7-4-3-5-8-15/h3-11,17-18,21H,2,12-14H2,1H3,(H,23,24). The lowest BCUT2D eigenvalue weighted by atomic mass is 9.86. The van der Waals surface area contributed by atoms with Crippen molar-refractivity contribution in [1.82, 2.24) is 9.62 Å². The largest absolute Gasteiger partial charge is 0.480 e. The lowest BCUT2D eigenvalue weighted by Crippen LogP contribution is -2.54. The molecule has 0 radical (unpaired) electrons. The molecule has 2 aromatic carbocycles. The van der Waals surface area contributed by atoms with E-state index in [1.807, 2.05) is 48.2 Å². The number of hydrogen-bond donors (Lipinski definition) is 2. The van der Waals surface area contributed by atoms with Crippen molar-refractivity contribution in [2.45, 2.75) is 36.7 Å². The lowest BCUT2D eigenvalue weighted by Gasteiger charge is -2.42. The molecule has 1 aliphatic rings. The molecular weight excluding hydrogens is 364 g/mol. The van der Waals surface area contributed by atoms with E-state index in [-0.39, 0.29) is 23.5 Å². The van der Waals surface area contributed by atoms with Crippen molar-refractivity contribution < 1.29 is 18.3 Å². The first-order valence-electron chi connectivity index (χ1n) is 9.02. The quantitative estimate of drug-likeness (QED) is 0.726. The molecule has 1 fully saturated rings. The van der Waals surface area contributed by atoms with Crippen LogP contribution >= 0.6 is 0 Å². The third kappa shape index (κ3) is 4.74. The summed E-state index contributed by atoms with van der Waals surface area (Å²) in [5, 5.41) is 8.95. The fourth-order valence-corrected chi connectivity index (χ4v) is 4.72. The minimum absolute atomic E-state index is 0.0141. The summed E-state index contributed by atoms with van der Waals surface area (Å²) >= 11 is 0. The van der Waals surface area contributed by atoms with Gasteiger partial charge >= 0.3 is 5.97 Å². The zero-order chi connectivity index (χ0) is 19.4. The van der Waals surface area contributed by atoms with Crippen LogP contribution in [0.2, 0.25) is 0 Å². The van der Waals surface area contributed by atoms with Crippen LogP contribution in [0.25, 0.3) is 11.1 Å². The Morgan fingerprint density at radius 3 is 2.41 bits per heavy atom. The highest BCUT2D eigenvalue weighted by Crippen LogP contribution is 2.28. The first-order chi connectivity index (χ1) is 12.9. The van der Waals surface area contributed by atoms with Crippen LogP contribution in [-0.4, -0.2) is 49.6 Å². The van der Waals surface area contributed by atoms with Gasteiger partial charge in [-0.05, 0) is 42.6 Å². The number of carbonyl (C=O) groups is 1. The van der Waals surface area contributed by atoms with Gasteiger partial charge in [0.05, 0.1) is 11.4 Å². The monoisotopic (exact) mass is 388 g/mol. The molecule has 0 unspecified atom stereocenters. The molecular formula is C20H24N2O4S. The van der Waals surface area contributed by atoms with Gasteiger partial charge in [-0.3, -0.25) is 9.69 Å². The number of aliphatic carboxylic acids is 1. The Morgan fingerprint density at radius 2 is 1.78 bits per heavy atom. The molecule has 0 aromatic heterocycles. The zero-order valence-electron chi connectivity index (χ0n) is 15.2. The van der Waals surface area contributed by atoms with Crippen molar-refractivity contribution in [3.8, 4) is 11.1 Å². The number of carboxylic acids is 1. The molecule has 6 nitrogen and oxygen atoms in total. The summed E-state index contributed by atoms with van der Waals surface area (Å²) < 4.78 is 28.2. The van der Waals surface area contributed by atoms with Gasteiger partial charge in [0.1, 0.15) is 0 Å². The Hall–Kier alpha value is -2.22. The van der Waals surface area contributed by atoms with Crippen molar-refractivity contribution in [3.05, 3.63) is 54.6 Å². The first-order valence-corrected chi connectivity index (χ1v) is 10.5. The maximum absolute atomic E-state index is 12.7. The molecule has 144 valence electrons. The van der Waals surface area contributed by atoms with Crippen LogP contribution in [0.1, 0.15) is 19.8 Å². The maximum Gasteiger partial charge on any atom is 0.317 e. The third-order valence-electron chi connectivity index (χ3n) is 4.95. The average Bonchev–Trinajstić information content (AvgIpc) is 2.63. The van der Waals surface area contributed by atoms with Gasteiger partial charge in [0.25, 0.3) is 0 Å². The van der Waals surface area contributed by atoms with Gasteiger partial charge in [0, 0.05) is 12.1 Å². The minimum Gasteiger partial charge on any atom is -0.480 e. The summed E-state index contributed by atoms with van der Waals surface area (Å²) in [5.74, 6) is -0.862. The number of likely N-dealkylation sites (N-methyl/N-ethyl adjacent to an activating group) is 1. The molecule has 0 bridgehead atoms. The molecule has 1 saturated carbocycles. The van der Waals surface area contributed by atoms with E-state index < -0.39 is 16.0 Å². The van der Waals surface area contributed by atoms with Gasteiger partial charge in [-0.1, -0.05) is 49.4 Å². The van der Waals surface area contributed by atoms with Crippen LogP contribution in [-0.2, 0) is 14.8 Å². The second-order valence-electron chi connectivity index (χ2n) is 6.79. The molecule has 0 heterocycles. The van der Waals surface area contributed by atoms with E-state index >= 15 is 0 Å². The second kappa shape index (κ2) is 8.21. The summed E-state index contributed by atoms with van der Waals surface area (Å²) in [4.78, 5) is 13.0. The SMILES string of the molecule is CCN(CC(=O)O)C1CC(NS(=O)(=O)c2cccc(-c3ccccc3)c2)C1.